The fourth-order valence-electron chi connectivity index (χ4n) is 1.52. The number of aryl methyl sites for hydroxylation is 1. The minimum Gasteiger partial charge on any atom is -0.289 e. The molecule has 0 saturated heterocycles. The molecule has 0 spiro atoms. The number of pyridine rings is 1. The fourth-order valence-corrected chi connectivity index (χ4v) is 2.97. The molecule has 0 atom stereocenters. The molecule has 0 aromatic carbocycles. The molecule has 0 N–H and O–H groups in total. The zero-order valence-corrected chi connectivity index (χ0v) is 11.1. The number of carbonyl (C=O) groups is 1. The Labute approximate surface area is 106 Å². The zero-order valence-electron chi connectivity index (χ0n) is 8.74. The van der Waals surface area contributed by atoms with E-state index in [0.29, 0.717) is 0 Å². The van der Waals surface area contributed by atoms with E-state index in [4.69, 9.17) is 0 Å². The molecule has 2 nitrogen and oxygen atoms in total. The van der Waals surface area contributed by atoms with E-state index in [1.165, 1.54) is 11.3 Å². The van der Waals surface area contributed by atoms with E-state index >= 15 is 0 Å². The summed E-state index contributed by atoms with van der Waals surface area (Å²) in [5, 5.41) is 3.78. The van der Waals surface area contributed by atoms with Crippen molar-refractivity contribution in [2.75, 3.05) is 0 Å². The van der Waals surface area contributed by atoms with Gasteiger partial charge in [-0.25, -0.2) is 0 Å². The first-order chi connectivity index (χ1) is 7.74. The normalized spacial score (nSPS) is 10.4. The number of halogens is 1. The van der Waals surface area contributed by atoms with E-state index in [1.54, 1.807) is 18.5 Å². The fraction of sp³-hybridized carbons (Fsp3) is 0.167. The lowest BCUT2D eigenvalue weighted by Crippen LogP contribution is -2.05. The first-order valence-electron chi connectivity index (χ1n) is 4.93. The van der Waals surface area contributed by atoms with Crippen LogP contribution in [-0.4, -0.2) is 10.8 Å². The van der Waals surface area contributed by atoms with Gasteiger partial charge in [-0.3, -0.25) is 9.78 Å². The molecule has 0 radical (unpaired) electrons. The second-order valence-corrected chi connectivity index (χ2v) is 4.95. The maximum atomic E-state index is 12.3. The predicted molar refractivity (Wildman–Crippen MR) is 69.1 cm³/mol. The Morgan fingerprint density at radius 1 is 1.44 bits per heavy atom. The van der Waals surface area contributed by atoms with Crippen LogP contribution in [-0.2, 0) is 6.42 Å². The summed E-state index contributed by atoms with van der Waals surface area (Å²) in [7, 11) is 0. The lowest BCUT2D eigenvalue weighted by Gasteiger charge is -2.04. The van der Waals surface area contributed by atoms with E-state index in [-0.39, 0.29) is 5.78 Å². The lowest BCUT2D eigenvalue weighted by molar-refractivity contribution is 0.103. The highest BCUT2D eigenvalue weighted by Gasteiger charge is 2.15. The third-order valence-corrected chi connectivity index (χ3v) is 4.09. The molecule has 82 valence electrons. The van der Waals surface area contributed by atoms with Crippen LogP contribution >= 0.6 is 27.3 Å². The molecule has 4 heteroatoms. The maximum absolute atomic E-state index is 12.3. The van der Waals surface area contributed by atoms with Gasteiger partial charge < -0.3 is 0 Å². The number of carbonyl (C=O) groups excluding carboxylic acids is 1. The summed E-state index contributed by atoms with van der Waals surface area (Å²) in [4.78, 5) is 16.3. The van der Waals surface area contributed by atoms with Crippen LogP contribution in [0.2, 0.25) is 0 Å². The van der Waals surface area contributed by atoms with Gasteiger partial charge in [-0.05, 0) is 34.0 Å². The van der Waals surface area contributed by atoms with Gasteiger partial charge in [0.15, 0.2) is 5.78 Å². The minimum absolute atomic E-state index is 0.0624. The van der Waals surface area contributed by atoms with Crippen LogP contribution in [0.25, 0.3) is 0 Å². The first-order valence-corrected chi connectivity index (χ1v) is 6.67. The Morgan fingerprint density at radius 3 is 2.88 bits per heavy atom. The summed E-state index contributed by atoms with van der Waals surface area (Å²) in [6, 6.07) is 1.78. The molecule has 0 fully saturated rings. The van der Waals surface area contributed by atoms with Gasteiger partial charge in [-0.1, -0.05) is 6.92 Å². The molecule has 2 aromatic rings. The number of hydrogen-bond donors (Lipinski definition) is 0. The molecule has 0 amide bonds. The summed E-state index contributed by atoms with van der Waals surface area (Å²) >= 11 is 4.90. The number of nitrogens with zero attached hydrogens (tertiary/aromatic N) is 1. The molecule has 0 aliphatic heterocycles. The highest BCUT2D eigenvalue weighted by molar-refractivity contribution is 9.10. The van der Waals surface area contributed by atoms with Crippen molar-refractivity contribution in [1.29, 1.82) is 0 Å². The summed E-state index contributed by atoms with van der Waals surface area (Å²) < 4.78 is 0.862. The molecule has 0 bridgehead atoms. The van der Waals surface area contributed by atoms with Crippen molar-refractivity contribution >= 4 is 33.0 Å². The molecule has 2 aromatic heterocycles. The molecule has 0 saturated carbocycles. The van der Waals surface area contributed by atoms with Crippen LogP contribution in [0.1, 0.15) is 28.4 Å². The number of hydrogen-bond acceptors (Lipinski definition) is 3. The molecule has 0 aliphatic rings. The van der Waals surface area contributed by atoms with Crippen molar-refractivity contribution < 1.29 is 4.79 Å². The van der Waals surface area contributed by atoms with Crippen LogP contribution in [0.3, 0.4) is 0 Å². The van der Waals surface area contributed by atoms with E-state index in [9.17, 15) is 4.79 Å². The molecule has 16 heavy (non-hydrogen) atoms. The van der Waals surface area contributed by atoms with Gasteiger partial charge in [0.1, 0.15) is 0 Å². The molecule has 0 unspecified atom stereocenters. The SMILES string of the molecule is CCc1cnccc1C(=O)c1cscc1Br. The number of rotatable bonds is 3. The Morgan fingerprint density at radius 2 is 2.25 bits per heavy atom. The van der Waals surface area contributed by atoms with Gasteiger partial charge in [-0.2, -0.15) is 11.3 Å². The van der Waals surface area contributed by atoms with Crippen molar-refractivity contribution in [3.63, 3.8) is 0 Å². The topological polar surface area (TPSA) is 30.0 Å². The Hall–Kier alpha value is -1.00. The monoisotopic (exact) mass is 295 g/mol. The van der Waals surface area contributed by atoms with E-state index in [1.807, 2.05) is 17.7 Å². The van der Waals surface area contributed by atoms with Crippen LogP contribution in [0.4, 0.5) is 0 Å². The van der Waals surface area contributed by atoms with Gasteiger partial charge in [-0.15, -0.1) is 0 Å². The molecular formula is C12H10BrNOS. The predicted octanol–water partition coefficient (Wildman–Crippen LogP) is 3.70. The van der Waals surface area contributed by atoms with E-state index in [2.05, 4.69) is 20.9 Å². The summed E-state index contributed by atoms with van der Waals surface area (Å²) in [5.74, 6) is 0.0624. The zero-order chi connectivity index (χ0) is 11.5. The van der Waals surface area contributed by atoms with Gasteiger partial charge in [0.2, 0.25) is 0 Å². The van der Waals surface area contributed by atoms with Crippen LogP contribution in [0.15, 0.2) is 33.7 Å². The van der Waals surface area contributed by atoms with E-state index < -0.39 is 0 Å². The quantitative estimate of drug-likeness (QED) is 0.808. The molecule has 2 heterocycles. The first kappa shape index (κ1) is 11.5. The van der Waals surface area contributed by atoms with Gasteiger partial charge in [0.25, 0.3) is 0 Å². The summed E-state index contributed by atoms with van der Waals surface area (Å²) in [5.41, 5.74) is 2.47. The standard InChI is InChI=1S/C12H10BrNOS/c1-2-8-5-14-4-3-9(8)12(15)10-6-16-7-11(10)13/h3-7H,2H2,1H3. The molecule has 2 rings (SSSR count). The minimum atomic E-state index is 0.0624. The Bertz CT molecular complexity index is 521. The second kappa shape index (κ2) is 4.89. The van der Waals surface area contributed by atoms with Crippen LogP contribution in [0.5, 0.6) is 0 Å². The van der Waals surface area contributed by atoms with Crippen molar-refractivity contribution in [2.45, 2.75) is 13.3 Å². The van der Waals surface area contributed by atoms with Crippen molar-refractivity contribution in [3.8, 4) is 0 Å². The van der Waals surface area contributed by atoms with Crippen LogP contribution in [0, 0.1) is 0 Å². The largest absolute Gasteiger partial charge is 0.289 e. The van der Waals surface area contributed by atoms with Gasteiger partial charge in [0, 0.05) is 38.8 Å². The number of thiophene rings is 1. The van der Waals surface area contributed by atoms with Crippen molar-refractivity contribution in [3.05, 3.63) is 50.4 Å². The Kier molecular flexibility index (Phi) is 3.51. The Balaban J connectivity index is 2.46. The smallest absolute Gasteiger partial charge is 0.195 e. The van der Waals surface area contributed by atoms with Gasteiger partial charge in [0.05, 0.1) is 0 Å². The lowest BCUT2D eigenvalue weighted by atomic mass is 10.0. The van der Waals surface area contributed by atoms with Gasteiger partial charge >= 0.3 is 0 Å². The average molecular weight is 296 g/mol. The third kappa shape index (κ3) is 2.08. The third-order valence-electron chi connectivity index (χ3n) is 2.39. The highest BCUT2D eigenvalue weighted by atomic mass is 79.9. The number of aromatic nitrogens is 1. The summed E-state index contributed by atoms with van der Waals surface area (Å²) in [6.45, 7) is 2.02. The van der Waals surface area contributed by atoms with E-state index in [0.717, 1.165) is 27.6 Å². The molecular weight excluding hydrogens is 286 g/mol. The molecule has 0 aliphatic carbocycles. The maximum Gasteiger partial charge on any atom is 0.195 e. The second-order valence-electron chi connectivity index (χ2n) is 3.35. The van der Waals surface area contributed by atoms with Crippen LogP contribution < -0.4 is 0 Å². The van der Waals surface area contributed by atoms with Crippen molar-refractivity contribution in [1.82, 2.24) is 4.98 Å². The van der Waals surface area contributed by atoms with Crippen molar-refractivity contribution in [2.24, 2.45) is 0 Å². The number of ketones is 1. The average Bonchev–Trinajstić information content (AvgIpc) is 2.74. The summed E-state index contributed by atoms with van der Waals surface area (Å²) in [6.07, 6.45) is 4.23. The highest BCUT2D eigenvalue weighted by Crippen LogP contribution is 2.25.